The third-order valence-electron chi connectivity index (χ3n) is 0.708. The SMILES string of the molecule is C=C(O)/C=C\C(=C)OC(F)(F)F. The van der Waals surface area contributed by atoms with E-state index in [-0.39, 0.29) is 5.76 Å². The van der Waals surface area contributed by atoms with Gasteiger partial charge >= 0.3 is 6.36 Å². The Hall–Kier alpha value is -1.39. The van der Waals surface area contributed by atoms with E-state index in [1.807, 2.05) is 0 Å². The van der Waals surface area contributed by atoms with E-state index in [1.165, 1.54) is 0 Å². The van der Waals surface area contributed by atoms with Crippen molar-refractivity contribution in [2.24, 2.45) is 0 Å². The molecule has 0 unspecified atom stereocenters. The minimum Gasteiger partial charge on any atom is -0.509 e. The molecule has 0 amide bonds. The van der Waals surface area contributed by atoms with Crippen LogP contribution in [0.5, 0.6) is 0 Å². The van der Waals surface area contributed by atoms with E-state index in [9.17, 15) is 13.2 Å². The Morgan fingerprint density at radius 1 is 1.25 bits per heavy atom. The first-order valence-corrected chi connectivity index (χ1v) is 2.82. The first-order valence-electron chi connectivity index (χ1n) is 2.82. The molecule has 0 bridgehead atoms. The lowest BCUT2D eigenvalue weighted by Gasteiger charge is -2.07. The van der Waals surface area contributed by atoms with Gasteiger partial charge in [-0.25, -0.2) is 0 Å². The van der Waals surface area contributed by atoms with Gasteiger partial charge in [-0.15, -0.1) is 13.2 Å². The Bertz CT molecular complexity index is 215. The second kappa shape index (κ2) is 3.85. The molecule has 1 N–H and O–H groups in total. The largest absolute Gasteiger partial charge is 0.573 e. The van der Waals surface area contributed by atoms with Crippen molar-refractivity contribution in [1.29, 1.82) is 0 Å². The molecule has 0 aliphatic heterocycles. The van der Waals surface area contributed by atoms with Gasteiger partial charge in [-0.1, -0.05) is 13.2 Å². The van der Waals surface area contributed by atoms with Crippen LogP contribution in [0.15, 0.2) is 36.8 Å². The second-order valence-corrected chi connectivity index (χ2v) is 1.84. The van der Waals surface area contributed by atoms with Crippen LogP contribution in [0.4, 0.5) is 13.2 Å². The maximum absolute atomic E-state index is 11.4. The average Bonchev–Trinajstić information content (AvgIpc) is 1.79. The Labute approximate surface area is 67.3 Å². The minimum absolute atomic E-state index is 0.373. The predicted molar refractivity (Wildman–Crippen MR) is 37.2 cm³/mol. The predicted octanol–water partition coefficient (Wildman–Crippen LogP) is 2.66. The zero-order valence-corrected chi connectivity index (χ0v) is 6.06. The number of rotatable bonds is 3. The van der Waals surface area contributed by atoms with Gasteiger partial charge in [0.2, 0.25) is 0 Å². The summed E-state index contributed by atoms with van der Waals surface area (Å²) in [6, 6.07) is 0. The van der Waals surface area contributed by atoms with Crippen LogP contribution in [0.25, 0.3) is 0 Å². The third-order valence-corrected chi connectivity index (χ3v) is 0.708. The summed E-state index contributed by atoms with van der Waals surface area (Å²) in [5.41, 5.74) is 0. The summed E-state index contributed by atoms with van der Waals surface area (Å²) < 4.78 is 37.6. The van der Waals surface area contributed by atoms with E-state index in [0.717, 1.165) is 12.2 Å². The van der Waals surface area contributed by atoms with Gasteiger partial charge in [0, 0.05) is 0 Å². The van der Waals surface area contributed by atoms with Crippen LogP contribution in [0.3, 0.4) is 0 Å². The number of hydrogen-bond donors (Lipinski definition) is 1. The molecule has 2 nitrogen and oxygen atoms in total. The van der Waals surface area contributed by atoms with Crippen LogP contribution in [0.2, 0.25) is 0 Å². The quantitative estimate of drug-likeness (QED) is 0.534. The summed E-state index contributed by atoms with van der Waals surface area (Å²) >= 11 is 0. The maximum Gasteiger partial charge on any atom is 0.573 e. The normalized spacial score (nSPS) is 11.6. The summed E-state index contributed by atoms with van der Waals surface area (Å²) in [6.07, 6.45) is -2.96. The zero-order valence-electron chi connectivity index (χ0n) is 6.06. The Morgan fingerprint density at radius 3 is 2.08 bits per heavy atom. The molecular formula is C7H7F3O2. The number of halogens is 3. The van der Waals surface area contributed by atoms with E-state index in [4.69, 9.17) is 5.11 Å². The zero-order chi connectivity index (χ0) is 9.78. The monoisotopic (exact) mass is 180 g/mol. The lowest BCUT2D eigenvalue weighted by Crippen LogP contribution is -2.11. The molecule has 0 spiro atoms. The van der Waals surface area contributed by atoms with E-state index in [0.29, 0.717) is 0 Å². The number of aliphatic hydroxyl groups excluding tert-OH is 1. The van der Waals surface area contributed by atoms with Crippen LogP contribution in [0, 0.1) is 0 Å². The Morgan fingerprint density at radius 2 is 1.75 bits per heavy atom. The van der Waals surface area contributed by atoms with Crippen molar-refractivity contribution in [3.05, 3.63) is 36.8 Å². The van der Waals surface area contributed by atoms with Crippen LogP contribution in [-0.2, 0) is 4.74 Å². The number of ether oxygens (including phenoxy) is 1. The first-order chi connectivity index (χ1) is 5.31. The highest BCUT2D eigenvalue weighted by molar-refractivity contribution is 5.16. The van der Waals surface area contributed by atoms with E-state index in [1.54, 1.807) is 0 Å². The van der Waals surface area contributed by atoms with Gasteiger partial charge in [-0.3, -0.25) is 0 Å². The number of alkyl halides is 3. The van der Waals surface area contributed by atoms with Gasteiger partial charge in [0.15, 0.2) is 0 Å². The average molecular weight is 180 g/mol. The molecule has 0 aromatic heterocycles. The molecule has 68 valence electrons. The van der Waals surface area contributed by atoms with Crippen molar-refractivity contribution in [2.45, 2.75) is 6.36 Å². The van der Waals surface area contributed by atoms with E-state index >= 15 is 0 Å². The summed E-state index contributed by atoms with van der Waals surface area (Å²) in [7, 11) is 0. The van der Waals surface area contributed by atoms with Gasteiger partial charge in [-0.2, -0.15) is 0 Å². The highest BCUT2D eigenvalue weighted by atomic mass is 19.4. The fraction of sp³-hybridized carbons (Fsp3) is 0.143. The lowest BCUT2D eigenvalue weighted by atomic mass is 10.4. The molecule has 0 saturated heterocycles. The van der Waals surface area contributed by atoms with Gasteiger partial charge < -0.3 is 9.84 Å². The van der Waals surface area contributed by atoms with Crippen molar-refractivity contribution >= 4 is 0 Å². The molecule has 0 aliphatic carbocycles. The van der Waals surface area contributed by atoms with Crippen LogP contribution < -0.4 is 0 Å². The van der Waals surface area contributed by atoms with Gasteiger partial charge in [0.25, 0.3) is 0 Å². The fourth-order valence-corrected chi connectivity index (χ4v) is 0.372. The highest BCUT2D eigenvalue weighted by Crippen LogP contribution is 2.20. The van der Waals surface area contributed by atoms with Gasteiger partial charge in [0.1, 0.15) is 11.5 Å². The smallest absolute Gasteiger partial charge is 0.509 e. The van der Waals surface area contributed by atoms with Crippen molar-refractivity contribution in [3.63, 3.8) is 0 Å². The third kappa shape index (κ3) is 6.73. The summed E-state index contributed by atoms with van der Waals surface area (Å²) in [6.45, 7) is 5.95. The van der Waals surface area contributed by atoms with Crippen molar-refractivity contribution in [2.75, 3.05) is 0 Å². The standard InChI is InChI=1S/C7H7F3O2/c1-5(11)3-4-6(2)12-7(8,9)10/h3-4,11H,1-2H2/b4-3-. The molecule has 0 rings (SSSR count). The van der Waals surface area contributed by atoms with Crippen LogP contribution >= 0.6 is 0 Å². The molecule has 0 atom stereocenters. The van der Waals surface area contributed by atoms with Gasteiger partial charge in [-0.05, 0) is 12.2 Å². The molecule has 0 heterocycles. The molecule has 0 fully saturated rings. The maximum atomic E-state index is 11.4. The lowest BCUT2D eigenvalue weighted by molar-refractivity contribution is -0.303. The van der Waals surface area contributed by atoms with Crippen molar-refractivity contribution in [1.82, 2.24) is 0 Å². The number of allylic oxidation sites excluding steroid dienone is 2. The molecule has 12 heavy (non-hydrogen) atoms. The number of aliphatic hydroxyl groups is 1. The summed E-state index contributed by atoms with van der Waals surface area (Å²) in [5, 5.41) is 8.44. The van der Waals surface area contributed by atoms with Crippen molar-refractivity contribution < 1.29 is 23.0 Å². The molecule has 0 aliphatic rings. The summed E-state index contributed by atoms with van der Waals surface area (Å²) in [4.78, 5) is 0. The topological polar surface area (TPSA) is 29.5 Å². The fourth-order valence-electron chi connectivity index (χ4n) is 0.372. The Kier molecular flexibility index (Phi) is 3.40. The van der Waals surface area contributed by atoms with Crippen LogP contribution in [-0.4, -0.2) is 11.5 Å². The molecule has 0 radical (unpaired) electrons. The molecule has 0 saturated carbocycles. The second-order valence-electron chi connectivity index (χ2n) is 1.84. The number of hydrogen-bond acceptors (Lipinski definition) is 2. The Balaban J connectivity index is 3.99. The van der Waals surface area contributed by atoms with E-state index in [2.05, 4.69) is 17.9 Å². The molecule has 0 aromatic carbocycles. The molecular weight excluding hydrogens is 173 g/mol. The van der Waals surface area contributed by atoms with E-state index < -0.39 is 12.1 Å². The highest BCUT2D eigenvalue weighted by Gasteiger charge is 2.30. The van der Waals surface area contributed by atoms with Crippen molar-refractivity contribution in [3.8, 4) is 0 Å². The minimum atomic E-state index is -4.75. The molecule has 5 heteroatoms. The molecule has 0 aromatic rings. The van der Waals surface area contributed by atoms with Gasteiger partial charge in [0.05, 0.1) is 0 Å². The summed E-state index contributed by atoms with van der Waals surface area (Å²) in [5.74, 6) is -0.986. The first kappa shape index (κ1) is 10.6. The van der Waals surface area contributed by atoms with Crippen LogP contribution in [0.1, 0.15) is 0 Å².